The maximum Gasteiger partial charge on any atom is 0.255 e. The number of amides is 1. The van der Waals surface area contributed by atoms with Gasteiger partial charge in [-0.05, 0) is 45.8 Å². The Morgan fingerprint density at radius 2 is 2.11 bits per heavy atom. The van der Waals surface area contributed by atoms with Gasteiger partial charge in [-0.15, -0.1) is 0 Å². The Balaban J connectivity index is 2.17. The summed E-state index contributed by atoms with van der Waals surface area (Å²) >= 11 is 6.78. The van der Waals surface area contributed by atoms with Gasteiger partial charge in [0.25, 0.3) is 5.91 Å². The van der Waals surface area contributed by atoms with Crippen LogP contribution in [0, 0.1) is 0 Å². The summed E-state index contributed by atoms with van der Waals surface area (Å²) in [6.45, 7) is 0.533. The van der Waals surface area contributed by atoms with Crippen molar-refractivity contribution in [2.45, 2.75) is 6.54 Å². The van der Waals surface area contributed by atoms with Crippen LogP contribution in [0.1, 0.15) is 15.9 Å². The third-order valence-electron chi connectivity index (χ3n) is 2.65. The normalized spacial score (nSPS) is 10.3. The summed E-state index contributed by atoms with van der Waals surface area (Å²) < 4.78 is 1.67. The molecule has 0 atom stereocenters. The van der Waals surface area contributed by atoms with Gasteiger partial charge in [-0.25, -0.2) is 0 Å². The molecule has 0 spiro atoms. The molecule has 0 aliphatic carbocycles. The molecule has 3 nitrogen and oxygen atoms in total. The Morgan fingerprint density at radius 1 is 1.32 bits per heavy atom. The molecular formula is C14H12Br2N2O. The minimum Gasteiger partial charge on any atom is -0.337 e. The third kappa shape index (κ3) is 3.64. The molecule has 19 heavy (non-hydrogen) atoms. The molecule has 0 radical (unpaired) electrons. The Bertz CT molecular complexity index is 587. The fourth-order valence-corrected chi connectivity index (χ4v) is 2.48. The van der Waals surface area contributed by atoms with Crippen molar-refractivity contribution < 1.29 is 4.79 Å². The molecule has 5 heteroatoms. The SMILES string of the molecule is CN(Cc1cccnc1)C(=O)c1cc(Br)ccc1Br. The third-order valence-corrected chi connectivity index (χ3v) is 3.83. The molecule has 1 amide bonds. The van der Waals surface area contributed by atoms with E-state index in [9.17, 15) is 4.79 Å². The first-order chi connectivity index (χ1) is 9.08. The molecule has 0 aliphatic heterocycles. The summed E-state index contributed by atoms with van der Waals surface area (Å²) in [6, 6.07) is 9.37. The Labute approximate surface area is 128 Å². The fourth-order valence-electron chi connectivity index (χ4n) is 1.70. The van der Waals surface area contributed by atoms with E-state index in [2.05, 4.69) is 36.8 Å². The number of aromatic nitrogens is 1. The number of halogens is 2. The molecule has 0 aliphatic rings. The van der Waals surface area contributed by atoms with E-state index < -0.39 is 0 Å². The van der Waals surface area contributed by atoms with Gasteiger partial charge in [0, 0.05) is 34.9 Å². The van der Waals surface area contributed by atoms with Crippen molar-refractivity contribution in [2.75, 3.05) is 7.05 Å². The maximum absolute atomic E-state index is 12.4. The van der Waals surface area contributed by atoms with E-state index in [1.54, 1.807) is 24.3 Å². The molecule has 0 unspecified atom stereocenters. The summed E-state index contributed by atoms with van der Waals surface area (Å²) in [5.41, 5.74) is 1.64. The first kappa shape index (κ1) is 14.2. The zero-order valence-corrected chi connectivity index (χ0v) is 13.5. The minimum absolute atomic E-state index is 0.0305. The number of pyridine rings is 1. The molecular weight excluding hydrogens is 372 g/mol. The topological polar surface area (TPSA) is 33.2 Å². The van der Waals surface area contributed by atoms with E-state index in [1.165, 1.54) is 0 Å². The first-order valence-corrected chi connectivity index (χ1v) is 7.26. The van der Waals surface area contributed by atoms with Gasteiger partial charge in [-0.1, -0.05) is 22.0 Å². The molecule has 0 saturated carbocycles. The van der Waals surface area contributed by atoms with Crippen LogP contribution in [0.15, 0.2) is 51.7 Å². The summed E-state index contributed by atoms with van der Waals surface area (Å²) in [7, 11) is 1.78. The molecule has 2 rings (SSSR count). The van der Waals surface area contributed by atoms with Gasteiger partial charge in [0.1, 0.15) is 0 Å². The van der Waals surface area contributed by atoms with E-state index in [1.807, 2.05) is 30.3 Å². The van der Waals surface area contributed by atoms with Gasteiger partial charge < -0.3 is 4.90 Å². The van der Waals surface area contributed by atoms with E-state index in [0.29, 0.717) is 12.1 Å². The molecule has 1 heterocycles. The van der Waals surface area contributed by atoms with Crippen molar-refractivity contribution in [1.82, 2.24) is 9.88 Å². The van der Waals surface area contributed by atoms with Crippen molar-refractivity contribution in [2.24, 2.45) is 0 Å². The number of carbonyl (C=O) groups excluding carboxylic acids is 1. The lowest BCUT2D eigenvalue weighted by molar-refractivity contribution is 0.0784. The zero-order valence-electron chi connectivity index (χ0n) is 10.3. The van der Waals surface area contributed by atoms with Crippen LogP contribution in [-0.4, -0.2) is 22.8 Å². The van der Waals surface area contributed by atoms with Crippen molar-refractivity contribution in [1.29, 1.82) is 0 Å². The van der Waals surface area contributed by atoms with Gasteiger partial charge in [0.2, 0.25) is 0 Å². The predicted octanol–water partition coefficient (Wildman–Crippen LogP) is 3.88. The summed E-state index contributed by atoms with van der Waals surface area (Å²) in [5.74, 6) is -0.0305. The monoisotopic (exact) mass is 382 g/mol. The van der Waals surface area contributed by atoms with E-state index in [4.69, 9.17) is 0 Å². The second-order valence-electron chi connectivity index (χ2n) is 4.15. The highest BCUT2D eigenvalue weighted by Crippen LogP contribution is 2.23. The number of benzene rings is 1. The van der Waals surface area contributed by atoms with Crippen molar-refractivity contribution in [3.63, 3.8) is 0 Å². The zero-order chi connectivity index (χ0) is 13.8. The molecule has 2 aromatic rings. The van der Waals surface area contributed by atoms with Gasteiger partial charge >= 0.3 is 0 Å². The van der Waals surface area contributed by atoms with Crippen LogP contribution in [-0.2, 0) is 6.54 Å². The number of rotatable bonds is 3. The smallest absolute Gasteiger partial charge is 0.255 e. The number of hydrogen-bond donors (Lipinski definition) is 0. The maximum atomic E-state index is 12.4. The molecule has 0 fully saturated rings. The molecule has 1 aromatic heterocycles. The van der Waals surface area contributed by atoms with Crippen molar-refractivity contribution >= 4 is 37.8 Å². The van der Waals surface area contributed by atoms with Gasteiger partial charge in [0.05, 0.1) is 5.56 Å². The molecule has 1 aromatic carbocycles. The van der Waals surface area contributed by atoms with Crippen molar-refractivity contribution in [3.8, 4) is 0 Å². The Morgan fingerprint density at radius 3 is 2.79 bits per heavy atom. The van der Waals surface area contributed by atoms with Gasteiger partial charge in [0.15, 0.2) is 0 Å². The molecule has 98 valence electrons. The highest BCUT2D eigenvalue weighted by Gasteiger charge is 2.15. The van der Waals surface area contributed by atoms with E-state index in [0.717, 1.165) is 14.5 Å². The lowest BCUT2D eigenvalue weighted by Crippen LogP contribution is -2.26. The van der Waals surface area contributed by atoms with E-state index in [-0.39, 0.29) is 5.91 Å². The highest BCUT2D eigenvalue weighted by molar-refractivity contribution is 9.11. The molecule has 0 saturated heterocycles. The second kappa shape index (κ2) is 6.30. The fraction of sp³-hybridized carbons (Fsp3) is 0.143. The van der Waals surface area contributed by atoms with Crippen LogP contribution in [0.4, 0.5) is 0 Å². The lowest BCUT2D eigenvalue weighted by atomic mass is 10.2. The average molecular weight is 384 g/mol. The number of nitrogens with zero attached hydrogens (tertiary/aromatic N) is 2. The molecule has 0 bridgehead atoms. The first-order valence-electron chi connectivity index (χ1n) is 5.67. The average Bonchev–Trinajstić information content (AvgIpc) is 2.42. The van der Waals surface area contributed by atoms with Crippen molar-refractivity contribution in [3.05, 3.63) is 62.8 Å². The standard InChI is InChI=1S/C14H12Br2N2O/c1-18(9-10-3-2-6-17-8-10)14(19)12-7-11(15)4-5-13(12)16/h2-8H,9H2,1H3. The van der Waals surface area contributed by atoms with Crippen LogP contribution >= 0.6 is 31.9 Å². The van der Waals surface area contributed by atoms with Crippen LogP contribution in [0.25, 0.3) is 0 Å². The van der Waals surface area contributed by atoms with Crippen LogP contribution < -0.4 is 0 Å². The Kier molecular flexibility index (Phi) is 4.71. The van der Waals surface area contributed by atoms with Crippen LogP contribution in [0.2, 0.25) is 0 Å². The van der Waals surface area contributed by atoms with E-state index >= 15 is 0 Å². The minimum atomic E-state index is -0.0305. The number of carbonyl (C=O) groups is 1. The quantitative estimate of drug-likeness (QED) is 0.805. The lowest BCUT2D eigenvalue weighted by Gasteiger charge is -2.18. The highest BCUT2D eigenvalue weighted by atomic mass is 79.9. The number of hydrogen-bond acceptors (Lipinski definition) is 2. The summed E-state index contributed by atoms with van der Waals surface area (Å²) in [5, 5.41) is 0. The van der Waals surface area contributed by atoms with Crippen LogP contribution in [0.5, 0.6) is 0 Å². The largest absolute Gasteiger partial charge is 0.337 e. The predicted molar refractivity (Wildman–Crippen MR) is 81.9 cm³/mol. The van der Waals surface area contributed by atoms with Crippen LogP contribution in [0.3, 0.4) is 0 Å². The van der Waals surface area contributed by atoms with Gasteiger partial charge in [-0.2, -0.15) is 0 Å². The second-order valence-corrected chi connectivity index (χ2v) is 5.92. The van der Waals surface area contributed by atoms with Gasteiger partial charge in [-0.3, -0.25) is 9.78 Å². The summed E-state index contributed by atoms with van der Waals surface area (Å²) in [6.07, 6.45) is 3.48. The summed E-state index contributed by atoms with van der Waals surface area (Å²) in [4.78, 5) is 18.1. The molecule has 0 N–H and O–H groups in total. The Hall–Kier alpha value is -1.20.